The third-order valence-corrected chi connectivity index (χ3v) is 5.40. The Morgan fingerprint density at radius 2 is 2.03 bits per heavy atom. The van der Waals surface area contributed by atoms with Crippen molar-refractivity contribution in [2.24, 2.45) is 5.41 Å². The molecule has 1 atom stereocenters. The van der Waals surface area contributed by atoms with Gasteiger partial charge in [-0.2, -0.15) is 0 Å². The molecule has 1 aromatic carbocycles. The largest absolute Gasteiger partial charge is 0.361 e. The zero-order valence-electron chi connectivity index (χ0n) is 16.2. The van der Waals surface area contributed by atoms with Gasteiger partial charge in [0.2, 0.25) is 5.91 Å². The summed E-state index contributed by atoms with van der Waals surface area (Å²) >= 11 is 0. The van der Waals surface area contributed by atoms with Gasteiger partial charge in [-0.3, -0.25) is 14.6 Å². The third kappa shape index (κ3) is 3.76. The Morgan fingerprint density at radius 3 is 2.76 bits per heavy atom. The molecule has 1 N–H and O–H groups in total. The van der Waals surface area contributed by atoms with Crippen LogP contribution in [0.25, 0.3) is 11.3 Å². The second-order valence-corrected chi connectivity index (χ2v) is 7.30. The molecule has 7 heteroatoms. The van der Waals surface area contributed by atoms with Crippen LogP contribution in [0.1, 0.15) is 22.5 Å². The molecule has 0 unspecified atom stereocenters. The molecule has 1 aliphatic heterocycles. The van der Waals surface area contributed by atoms with Gasteiger partial charge in [0.15, 0.2) is 0 Å². The van der Waals surface area contributed by atoms with Crippen LogP contribution in [-0.4, -0.2) is 47.0 Å². The van der Waals surface area contributed by atoms with Crippen molar-refractivity contribution in [3.8, 4) is 11.3 Å². The van der Waals surface area contributed by atoms with Gasteiger partial charge in [-0.1, -0.05) is 35.5 Å². The number of hydrogen-bond acceptors (Lipinski definition) is 5. The summed E-state index contributed by atoms with van der Waals surface area (Å²) in [6.45, 7) is 0.822. The van der Waals surface area contributed by atoms with Gasteiger partial charge in [0.1, 0.15) is 11.5 Å². The first-order valence-electron chi connectivity index (χ1n) is 9.54. The summed E-state index contributed by atoms with van der Waals surface area (Å²) in [6, 6.07) is 15.1. The van der Waals surface area contributed by atoms with Gasteiger partial charge in [-0.25, -0.2) is 0 Å². The lowest BCUT2D eigenvalue weighted by Gasteiger charge is -2.26. The Kier molecular flexibility index (Phi) is 5.12. The van der Waals surface area contributed by atoms with Crippen molar-refractivity contribution >= 4 is 11.8 Å². The summed E-state index contributed by atoms with van der Waals surface area (Å²) < 4.78 is 5.54. The summed E-state index contributed by atoms with van der Waals surface area (Å²) in [5.41, 5.74) is 1.46. The summed E-state index contributed by atoms with van der Waals surface area (Å²) in [6.07, 6.45) is 4.11. The monoisotopic (exact) mass is 390 g/mol. The number of rotatable bonds is 5. The lowest BCUT2D eigenvalue weighted by atomic mass is 9.81. The van der Waals surface area contributed by atoms with Crippen molar-refractivity contribution in [2.75, 3.05) is 20.1 Å². The van der Waals surface area contributed by atoms with Crippen LogP contribution >= 0.6 is 0 Å². The summed E-state index contributed by atoms with van der Waals surface area (Å²) in [4.78, 5) is 31.3. The zero-order valence-corrected chi connectivity index (χ0v) is 16.2. The van der Waals surface area contributed by atoms with E-state index < -0.39 is 5.41 Å². The van der Waals surface area contributed by atoms with Crippen LogP contribution < -0.4 is 5.32 Å². The number of nitrogens with one attached hydrogen (secondary N) is 1. The smallest absolute Gasteiger partial charge is 0.255 e. The molecular weight excluding hydrogens is 368 g/mol. The van der Waals surface area contributed by atoms with Crippen molar-refractivity contribution in [1.29, 1.82) is 0 Å². The van der Waals surface area contributed by atoms with Gasteiger partial charge in [0, 0.05) is 50.6 Å². The van der Waals surface area contributed by atoms with Gasteiger partial charge >= 0.3 is 0 Å². The molecule has 0 aliphatic carbocycles. The van der Waals surface area contributed by atoms with E-state index in [-0.39, 0.29) is 11.8 Å². The molecule has 3 heterocycles. The second kappa shape index (κ2) is 7.87. The van der Waals surface area contributed by atoms with Crippen LogP contribution in [0, 0.1) is 5.41 Å². The first kappa shape index (κ1) is 18.9. The van der Waals surface area contributed by atoms with E-state index in [4.69, 9.17) is 4.52 Å². The van der Waals surface area contributed by atoms with Crippen molar-refractivity contribution in [3.63, 3.8) is 0 Å². The van der Waals surface area contributed by atoms with Gasteiger partial charge in [-0.15, -0.1) is 0 Å². The van der Waals surface area contributed by atoms with Gasteiger partial charge < -0.3 is 14.7 Å². The molecule has 148 valence electrons. The Hall–Kier alpha value is -3.48. The highest BCUT2D eigenvalue weighted by atomic mass is 16.5. The molecule has 3 aromatic rings. The highest BCUT2D eigenvalue weighted by Crippen LogP contribution is 2.36. The molecule has 7 nitrogen and oxygen atoms in total. The maximum Gasteiger partial charge on any atom is 0.255 e. The van der Waals surface area contributed by atoms with Crippen LogP contribution in [-0.2, 0) is 11.2 Å². The molecule has 0 radical (unpaired) electrons. The Bertz CT molecular complexity index is 1000. The van der Waals surface area contributed by atoms with Crippen LogP contribution in [0.4, 0.5) is 0 Å². The number of carbonyl (C=O) groups excluding carboxylic acids is 2. The number of carbonyl (C=O) groups is 2. The molecule has 2 amide bonds. The predicted molar refractivity (Wildman–Crippen MR) is 107 cm³/mol. The van der Waals surface area contributed by atoms with E-state index in [9.17, 15) is 9.59 Å². The van der Waals surface area contributed by atoms with Crippen LogP contribution in [0.15, 0.2) is 65.4 Å². The van der Waals surface area contributed by atoms with E-state index in [2.05, 4.69) is 15.5 Å². The SMILES string of the molecule is CNC(=O)[C@]1(Cc2cc(-c3ccccc3)no2)CCN(C(=O)c2cccnc2)C1. The molecule has 1 aliphatic rings. The second-order valence-electron chi connectivity index (χ2n) is 7.30. The predicted octanol–water partition coefficient (Wildman–Crippen LogP) is 2.56. The minimum Gasteiger partial charge on any atom is -0.361 e. The minimum absolute atomic E-state index is 0.100. The highest BCUT2D eigenvalue weighted by molar-refractivity contribution is 5.95. The van der Waals surface area contributed by atoms with Gasteiger partial charge in [0.05, 0.1) is 11.0 Å². The molecule has 1 saturated heterocycles. The van der Waals surface area contributed by atoms with E-state index in [1.165, 1.54) is 0 Å². The molecule has 1 fully saturated rings. The van der Waals surface area contributed by atoms with E-state index >= 15 is 0 Å². The number of nitrogens with zero attached hydrogens (tertiary/aromatic N) is 3. The Labute approximate surface area is 168 Å². The number of aromatic nitrogens is 2. The molecule has 29 heavy (non-hydrogen) atoms. The summed E-state index contributed by atoms with van der Waals surface area (Å²) in [7, 11) is 1.62. The first-order chi connectivity index (χ1) is 14.1. The standard InChI is InChI=1S/C22H22N4O3/c1-23-21(28)22(9-11-26(15-22)20(27)17-8-5-10-24-14-17)13-18-12-19(25-29-18)16-6-3-2-4-7-16/h2-8,10,12,14H,9,11,13,15H2,1H3,(H,23,28)/t22-/m0/s1. The lowest BCUT2D eigenvalue weighted by Crippen LogP contribution is -2.44. The lowest BCUT2D eigenvalue weighted by molar-refractivity contribution is -0.130. The number of likely N-dealkylation sites (tertiary alicyclic amines) is 1. The van der Waals surface area contributed by atoms with Gasteiger partial charge in [0.25, 0.3) is 5.91 Å². The van der Waals surface area contributed by atoms with Gasteiger partial charge in [-0.05, 0) is 18.6 Å². The quantitative estimate of drug-likeness (QED) is 0.723. The van der Waals surface area contributed by atoms with E-state index in [0.717, 1.165) is 11.3 Å². The molecule has 0 spiro atoms. The fourth-order valence-corrected chi connectivity index (χ4v) is 3.87. The topological polar surface area (TPSA) is 88.3 Å². The minimum atomic E-state index is -0.750. The average molecular weight is 390 g/mol. The molecule has 2 aromatic heterocycles. The number of benzene rings is 1. The fourth-order valence-electron chi connectivity index (χ4n) is 3.87. The zero-order chi connectivity index (χ0) is 20.3. The normalized spacial score (nSPS) is 18.6. The molecule has 0 saturated carbocycles. The maximum absolute atomic E-state index is 12.8. The maximum atomic E-state index is 12.8. The van der Waals surface area contributed by atoms with Crippen molar-refractivity contribution < 1.29 is 14.1 Å². The van der Waals surface area contributed by atoms with Crippen molar-refractivity contribution in [2.45, 2.75) is 12.8 Å². The van der Waals surface area contributed by atoms with Crippen LogP contribution in [0.2, 0.25) is 0 Å². The summed E-state index contributed by atoms with van der Waals surface area (Å²) in [5, 5.41) is 6.91. The van der Waals surface area contributed by atoms with E-state index in [0.29, 0.717) is 37.3 Å². The van der Waals surface area contributed by atoms with Crippen LogP contribution in [0.3, 0.4) is 0 Å². The summed E-state index contributed by atoms with van der Waals surface area (Å²) in [5.74, 6) is 0.409. The molecule has 0 bridgehead atoms. The third-order valence-electron chi connectivity index (χ3n) is 5.40. The van der Waals surface area contributed by atoms with E-state index in [1.807, 2.05) is 36.4 Å². The van der Waals surface area contributed by atoms with Crippen molar-refractivity contribution in [3.05, 3.63) is 72.2 Å². The first-order valence-corrected chi connectivity index (χ1v) is 9.54. The number of amides is 2. The van der Waals surface area contributed by atoms with Crippen molar-refractivity contribution in [1.82, 2.24) is 20.4 Å². The Balaban J connectivity index is 1.55. The highest BCUT2D eigenvalue weighted by Gasteiger charge is 2.46. The van der Waals surface area contributed by atoms with E-state index in [1.54, 1.807) is 36.5 Å². The Morgan fingerprint density at radius 1 is 1.21 bits per heavy atom. The molecule has 4 rings (SSSR count). The molecular formula is C22H22N4O3. The number of hydrogen-bond donors (Lipinski definition) is 1. The fraction of sp³-hybridized carbons (Fsp3) is 0.273. The number of pyridine rings is 1. The van der Waals surface area contributed by atoms with Crippen LogP contribution in [0.5, 0.6) is 0 Å². The average Bonchev–Trinajstić information content (AvgIpc) is 3.42.